The number of benzene rings is 1. The maximum atomic E-state index is 13.2. The fourth-order valence-corrected chi connectivity index (χ4v) is 5.59. The molecule has 0 aliphatic carbocycles. The molecule has 0 spiro atoms. The minimum absolute atomic E-state index is 0.0277. The molecule has 0 saturated carbocycles. The fraction of sp³-hybridized carbons (Fsp3) is 0.556. The zero-order valence-corrected chi connectivity index (χ0v) is 18.2. The summed E-state index contributed by atoms with van der Waals surface area (Å²) in [5, 5.41) is 5.45. The fourth-order valence-electron chi connectivity index (χ4n) is 3.31. The molecule has 11 heteroatoms. The first-order valence-corrected chi connectivity index (χ1v) is 11.7. The quantitative estimate of drug-likeness (QED) is 0.696. The van der Waals surface area contributed by atoms with Crippen LogP contribution in [0.15, 0.2) is 23.1 Å². The van der Waals surface area contributed by atoms with E-state index in [0.717, 1.165) is 11.7 Å². The number of aromatic nitrogens is 2. The first-order valence-electron chi connectivity index (χ1n) is 9.52. The Hall–Kier alpha value is -2.11. The highest BCUT2D eigenvalue weighted by molar-refractivity contribution is 7.89. The zero-order valence-electron chi connectivity index (χ0n) is 16.6. The molecular formula is C18H25N5O4S2. The predicted molar refractivity (Wildman–Crippen MR) is 110 cm³/mol. The summed E-state index contributed by atoms with van der Waals surface area (Å²) in [6, 6.07) is 4.15. The number of carbonyl (C=O) groups is 2. The van der Waals surface area contributed by atoms with Crippen molar-refractivity contribution in [2.24, 2.45) is 5.92 Å². The molecule has 29 heavy (non-hydrogen) atoms. The second-order valence-electron chi connectivity index (χ2n) is 7.48. The van der Waals surface area contributed by atoms with Crippen LogP contribution in [0.5, 0.6) is 0 Å². The van der Waals surface area contributed by atoms with Gasteiger partial charge in [-0.2, -0.15) is 13.1 Å². The zero-order chi connectivity index (χ0) is 21.2. The van der Waals surface area contributed by atoms with Gasteiger partial charge in [-0.1, -0.05) is 6.07 Å². The van der Waals surface area contributed by atoms with Gasteiger partial charge < -0.3 is 10.6 Å². The molecule has 2 amide bonds. The molecule has 1 aliphatic rings. The van der Waals surface area contributed by atoms with Crippen molar-refractivity contribution < 1.29 is 18.0 Å². The Morgan fingerprint density at radius 2 is 1.97 bits per heavy atom. The van der Waals surface area contributed by atoms with Crippen LogP contribution in [0.3, 0.4) is 0 Å². The number of amides is 2. The third-order valence-corrected chi connectivity index (χ3v) is 7.24. The first-order chi connectivity index (χ1) is 13.7. The SMILES string of the molecule is CC(C)NC(=O)C(C)NC(=O)C1CCCN(S(=O)(=O)c2cccc3nsnc23)C1. The van der Waals surface area contributed by atoms with E-state index >= 15 is 0 Å². The highest BCUT2D eigenvalue weighted by atomic mass is 32.2. The summed E-state index contributed by atoms with van der Waals surface area (Å²) in [4.78, 5) is 24.8. The van der Waals surface area contributed by atoms with Crippen molar-refractivity contribution >= 4 is 44.6 Å². The monoisotopic (exact) mass is 439 g/mol. The first kappa shape index (κ1) is 21.6. The summed E-state index contributed by atoms with van der Waals surface area (Å²) in [6.45, 7) is 5.70. The summed E-state index contributed by atoms with van der Waals surface area (Å²) in [5.41, 5.74) is 0.885. The lowest BCUT2D eigenvalue weighted by molar-refractivity contribution is -0.131. The molecule has 9 nitrogen and oxygen atoms in total. The number of hydrogen-bond donors (Lipinski definition) is 2. The van der Waals surface area contributed by atoms with E-state index in [-0.39, 0.29) is 29.3 Å². The number of hydrogen-bond acceptors (Lipinski definition) is 7. The second-order valence-corrected chi connectivity index (χ2v) is 9.92. The van der Waals surface area contributed by atoms with Crippen molar-refractivity contribution in [2.75, 3.05) is 13.1 Å². The van der Waals surface area contributed by atoms with Crippen molar-refractivity contribution in [1.82, 2.24) is 23.7 Å². The Morgan fingerprint density at radius 1 is 1.21 bits per heavy atom. The van der Waals surface area contributed by atoms with Gasteiger partial charge in [-0.05, 0) is 45.7 Å². The third kappa shape index (κ3) is 4.73. The molecule has 3 rings (SSSR count). The summed E-state index contributed by atoms with van der Waals surface area (Å²) >= 11 is 0.964. The Balaban J connectivity index is 1.72. The molecule has 2 atom stereocenters. The molecule has 2 heterocycles. The molecule has 2 unspecified atom stereocenters. The highest BCUT2D eigenvalue weighted by Crippen LogP contribution is 2.28. The number of nitrogens with zero attached hydrogens (tertiary/aromatic N) is 3. The highest BCUT2D eigenvalue weighted by Gasteiger charge is 2.35. The summed E-state index contributed by atoms with van der Waals surface area (Å²) in [5.74, 6) is -1.10. The Morgan fingerprint density at radius 3 is 2.69 bits per heavy atom. The number of rotatable bonds is 6. The minimum Gasteiger partial charge on any atom is -0.352 e. The molecule has 1 aromatic carbocycles. The van der Waals surface area contributed by atoms with E-state index in [1.165, 1.54) is 10.4 Å². The van der Waals surface area contributed by atoms with Crippen molar-refractivity contribution in [3.8, 4) is 0 Å². The van der Waals surface area contributed by atoms with E-state index < -0.39 is 22.0 Å². The summed E-state index contributed by atoms with van der Waals surface area (Å²) in [7, 11) is -3.81. The maximum Gasteiger partial charge on any atom is 0.245 e. The van der Waals surface area contributed by atoms with Crippen LogP contribution in [0.1, 0.15) is 33.6 Å². The molecule has 1 aliphatic heterocycles. The van der Waals surface area contributed by atoms with Crippen molar-refractivity contribution in [3.63, 3.8) is 0 Å². The lowest BCUT2D eigenvalue weighted by Gasteiger charge is -2.31. The molecule has 1 aromatic heterocycles. The van der Waals surface area contributed by atoms with Crippen LogP contribution in [0.2, 0.25) is 0 Å². The van der Waals surface area contributed by atoms with Gasteiger partial charge in [0.2, 0.25) is 21.8 Å². The van der Waals surface area contributed by atoms with Crippen molar-refractivity contribution in [1.29, 1.82) is 0 Å². The maximum absolute atomic E-state index is 13.2. The Bertz CT molecular complexity index is 1000. The molecule has 1 saturated heterocycles. The molecule has 1 fully saturated rings. The molecular weight excluding hydrogens is 414 g/mol. The van der Waals surface area contributed by atoms with Gasteiger partial charge in [0.15, 0.2) is 0 Å². The lowest BCUT2D eigenvalue weighted by atomic mass is 9.98. The molecule has 158 valence electrons. The largest absolute Gasteiger partial charge is 0.352 e. The molecule has 0 radical (unpaired) electrons. The number of nitrogens with one attached hydrogen (secondary N) is 2. The van der Waals surface area contributed by atoms with Crippen LogP contribution in [-0.4, -0.2) is 58.5 Å². The molecule has 2 N–H and O–H groups in total. The molecule has 0 bridgehead atoms. The van der Waals surface area contributed by atoms with Crippen LogP contribution < -0.4 is 10.6 Å². The average molecular weight is 440 g/mol. The standard InChI is InChI=1S/C18H25N5O4S2/c1-11(2)19-17(24)12(3)20-18(25)13-6-5-9-23(10-13)29(26,27)15-8-4-7-14-16(15)22-28-21-14/h4,7-8,11-13H,5-6,9-10H2,1-3H3,(H,19,24)(H,20,25). The smallest absolute Gasteiger partial charge is 0.245 e. The number of fused-ring (bicyclic) bond motifs is 1. The summed E-state index contributed by atoms with van der Waals surface area (Å²) in [6.07, 6.45) is 1.13. The van der Waals surface area contributed by atoms with Gasteiger partial charge in [-0.25, -0.2) is 8.42 Å². The van der Waals surface area contributed by atoms with Crippen LogP contribution in [0, 0.1) is 5.92 Å². The van der Waals surface area contributed by atoms with Gasteiger partial charge >= 0.3 is 0 Å². The van der Waals surface area contributed by atoms with Crippen molar-refractivity contribution in [3.05, 3.63) is 18.2 Å². The molecule has 2 aromatic rings. The van der Waals surface area contributed by atoms with Gasteiger partial charge in [0, 0.05) is 19.1 Å². The van der Waals surface area contributed by atoms with E-state index in [9.17, 15) is 18.0 Å². The van der Waals surface area contributed by atoms with Gasteiger partial charge in [-0.15, -0.1) is 0 Å². The van der Waals surface area contributed by atoms with Crippen molar-refractivity contribution in [2.45, 2.75) is 50.6 Å². The van der Waals surface area contributed by atoms with E-state index in [4.69, 9.17) is 0 Å². The lowest BCUT2D eigenvalue weighted by Crippen LogP contribution is -2.51. The second kappa shape index (κ2) is 8.72. The Labute approximate surface area is 174 Å². The Kier molecular flexibility index (Phi) is 6.49. The summed E-state index contributed by atoms with van der Waals surface area (Å²) < 4.78 is 35.9. The van der Waals surface area contributed by atoms with Gasteiger partial charge in [0.25, 0.3) is 0 Å². The average Bonchev–Trinajstić information content (AvgIpc) is 3.16. The van der Waals surface area contributed by atoms with Crippen LogP contribution in [0.4, 0.5) is 0 Å². The van der Waals surface area contributed by atoms with E-state index in [0.29, 0.717) is 30.4 Å². The predicted octanol–water partition coefficient (Wildman–Crippen LogP) is 1.12. The van der Waals surface area contributed by atoms with E-state index in [1.807, 2.05) is 13.8 Å². The van der Waals surface area contributed by atoms with Gasteiger partial charge in [0.1, 0.15) is 22.0 Å². The number of piperidine rings is 1. The normalized spacial score (nSPS) is 19.2. The van der Waals surface area contributed by atoms with Crippen LogP contribution in [-0.2, 0) is 19.6 Å². The van der Waals surface area contributed by atoms with Gasteiger partial charge in [-0.3, -0.25) is 9.59 Å². The number of sulfonamides is 1. The van der Waals surface area contributed by atoms with Crippen LogP contribution in [0.25, 0.3) is 11.0 Å². The van der Waals surface area contributed by atoms with Crippen LogP contribution >= 0.6 is 11.7 Å². The minimum atomic E-state index is -3.81. The topological polar surface area (TPSA) is 121 Å². The van der Waals surface area contributed by atoms with E-state index in [1.54, 1.807) is 19.1 Å². The van der Waals surface area contributed by atoms with Gasteiger partial charge in [0.05, 0.1) is 17.6 Å². The van der Waals surface area contributed by atoms with E-state index in [2.05, 4.69) is 19.4 Å². The number of carbonyl (C=O) groups excluding carboxylic acids is 2. The third-order valence-electron chi connectivity index (χ3n) is 4.80.